The van der Waals surface area contributed by atoms with Gasteiger partial charge in [0.05, 0.1) is 7.11 Å². The third-order valence-electron chi connectivity index (χ3n) is 2.37. The lowest BCUT2D eigenvalue weighted by Crippen LogP contribution is -2.31. The molecule has 2 amide bonds. The highest BCUT2D eigenvalue weighted by Crippen LogP contribution is 2.00. The van der Waals surface area contributed by atoms with Gasteiger partial charge in [0.2, 0.25) is 0 Å². The molecule has 20 heavy (non-hydrogen) atoms. The predicted molar refractivity (Wildman–Crippen MR) is 72.7 cm³/mol. The van der Waals surface area contributed by atoms with Gasteiger partial charge in [-0.2, -0.15) is 0 Å². The Morgan fingerprint density at radius 1 is 1.20 bits per heavy atom. The number of esters is 1. The topological polar surface area (TPSA) is 84.5 Å². The maximum absolute atomic E-state index is 11.8. The lowest BCUT2D eigenvalue weighted by Gasteiger charge is -2.06. The van der Waals surface area contributed by atoms with Gasteiger partial charge in [-0.25, -0.2) is 4.79 Å². The third-order valence-corrected chi connectivity index (χ3v) is 2.37. The molecule has 1 rings (SSSR count). The summed E-state index contributed by atoms with van der Waals surface area (Å²) in [6.45, 7) is 2.08. The second-order valence-corrected chi connectivity index (χ2v) is 3.75. The first-order valence-electron chi connectivity index (χ1n) is 6.02. The van der Waals surface area contributed by atoms with E-state index in [0.29, 0.717) is 12.1 Å². The molecule has 0 aromatic heterocycles. The molecule has 0 spiro atoms. The monoisotopic (exact) mass is 276 g/mol. The van der Waals surface area contributed by atoms with Crippen molar-refractivity contribution in [3.05, 3.63) is 47.7 Å². The van der Waals surface area contributed by atoms with E-state index in [1.54, 1.807) is 37.3 Å². The average molecular weight is 276 g/mol. The molecular formula is C14H16N2O4. The molecule has 0 aliphatic heterocycles. The van der Waals surface area contributed by atoms with Crippen LogP contribution in [-0.4, -0.2) is 31.4 Å². The van der Waals surface area contributed by atoms with Crippen LogP contribution < -0.4 is 10.6 Å². The quantitative estimate of drug-likeness (QED) is 0.357. The molecule has 6 heteroatoms. The first-order valence-corrected chi connectivity index (χ1v) is 6.02. The largest absolute Gasteiger partial charge is 0.465 e. The molecule has 0 saturated heterocycles. The summed E-state index contributed by atoms with van der Waals surface area (Å²) in [6, 6.07) is 8.44. The van der Waals surface area contributed by atoms with Gasteiger partial charge in [-0.3, -0.25) is 9.59 Å². The first-order chi connectivity index (χ1) is 9.60. The van der Waals surface area contributed by atoms with Crippen molar-refractivity contribution >= 4 is 17.8 Å². The Hall–Kier alpha value is -2.63. The van der Waals surface area contributed by atoms with Crippen LogP contribution in [0.1, 0.15) is 17.3 Å². The van der Waals surface area contributed by atoms with Crippen molar-refractivity contribution < 1.29 is 19.1 Å². The number of rotatable bonds is 5. The van der Waals surface area contributed by atoms with E-state index in [9.17, 15) is 14.4 Å². The van der Waals surface area contributed by atoms with E-state index >= 15 is 0 Å². The van der Waals surface area contributed by atoms with E-state index in [0.717, 1.165) is 13.3 Å². The fourth-order valence-corrected chi connectivity index (χ4v) is 1.39. The van der Waals surface area contributed by atoms with Gasteiger partial charge in [0.25, 0.3) is 11.8 Å². The number of amides is 2. The van der Waals surface area contributed by atoms with Crippen LogP contribution in [-0.2, 0) is 14.3 Å². The van der Waals surface area contributed by atoms with Crippen LogP contribution >= 0.6 is 0 Å². The van der Waals surface area contributed by atoms with Crippen molar-refractivity contribution in [3.8, 4) is 0 Å². The van der Waals surface area contributed by atoms with Gasteiger partial charge in [0.1, 0.15) is 5.57 Å². The molecule has 0 unspecified atom stereocenters. The highest BCUT2D eigenvalue weighted by atomic mass is 16.5. The average Bonchev–Trinajstić information content (AvgIpc) is 2.48. The maximum Gasteiger partial charge on any atom is 0.344 e. The number of ether oxygens (including phenoxy) is 1. The van der Waals surface area contributed by atoms with Crippen molar-refractivity contribution in [2.75, 3.05) is 13.7 Å². The minimum atomic E-state index is -0.815. The Labute approximate surface area is 116 Å². The zero-order valence-electron chi connectivity index (χ0n) is 11.3. The number of benzene rings is 1. The first kappa shape index (κ1) is 15.4. The van der Waals surface area contributed by atoms with Crippen molar-refractivity contribution in [1.82, 2.24) is 10.6 Å². The molecule has 1 aromatic rings. The van der Waals surface area contributed by atoms with Crippen molar-refractivity contribution in [2.24, 2.45) is 0 Å². The molecule has 0 bridgehead atoms. The number of hydrogen-bond acceptors (Lipinski definition) is 4. The van der Waals surface area contributed by atoms with Gasteiger partial charge >= 0.3 is 5.97 Å². The van der Waals surface area contributed by atoms with Gasteiger partial charge in [0, 0.05) is 18.3 Å². The second-order valence-electron chi connectivity index (χ2n) is 3.75. The van der Waals surface area contributed by atoms with Crippen molar-refractivity contribution in [3.63, 3.8) is 0 Å². The molecular weight excluding hydrogens is 260 g/mol. The van der Waals surface area contributed by atoms with Crippen LogP contribution in [0.15, 0.2) is 42.1 Å². The number of hydrogen-bond donors (Lipinski definition) is 2. The minimum absolute atomic E-state index is 0.265. The highest BCUT2D eigenvalue weighted by molar-refractivity contribution is 6.16. The van der Waals surface area contributed by atoms with E-state index < -0.39 is 17.8 Å². The van der Waals surface area contributed by atoms with Crippen LogP contribution in [0.25, 0.3) is 0 Å². The van der Waals surface area contributed by atoms with E-state index in [2.05, 4.69) is 15.4 Å². The normalized spacial score (nSPS) is 10.6. The van der Waals surface area contributed by atoms with Crippen LogP contribution in [0, 0.1) is 0 Å². The Morgan fingerprint density at radius 3 is 2.40 bits per heavy atom. The molecule has 1 aromatic carbocycles. The molecule has 0 aliphatic carbocycles. The Bertz CT molecular complexity index is 523. The third kappa shape index (κ3) is 4.24. The molecule has 2 N–H and O–H groups in total. The fraction of sp³-hybridized carbons (Fsp3) is 0.214. The summed E-state index contributed by atoms with van der Waals surface area (Å²) in [7, 11) is 1.16. The lowest BCUT2D eigenvalue weighted by molar-refractivity contribution is -0.138. The van der Waals surface area contributed by atoms with Gasteiger partial charge in [-0.15, -0.1) is 0 Å². The number of carbonyl (C=O) groups excluding carboxylic acids is 3. The zero-order valence-corrected chi connectivity index (χ0v) is 11.3. The molecule has 6 nitrogen and oxygen atoms in total. The van der Waals surface area contributed by atoms with Gasteiger partial charge < -0.3 is 15.4 Å². The predicted octanol–water partition coefficient (Wildman–Crippen LogP) is 0.609. The van der Waals surface area contributed by atoms with Crippen molar-refractivity contribution in [2.45, 2.75) is 6.92 Å². The van der Waals surface area contributed by atoms with Gasteiger partial charge in [-0.05, 0) is 19.1 Å². The molecule has 0 fully saturated rings. The minimum Gasteiger partial charge on any atom is -0.465 e. The lowest BCUT2D eigenvalue weighted by atomic mass is 10.2. The number of nitrogens with one attached hydrogen (secondary N) is 2. The maximum atomic E-state index is 11.8. The van der Waals surface area contributed by atoms with Crippen LogP contribution in [0.4, 0.5) is 0 Å². The molecule has 0 atom stereocenters. The zero-order chi connectivity index (χ0) is 15.0. The number of carbonyl (C=O) groups is 3. The Morgan fingerprint density at radius 2 is 1.85 bits per heavy atom. The smallest absolute Gasteiger partial charge is 0.344 e. The second kappa shape index (κ2) is 7.73. The van der Waals surface area contributed by atoms with Crippen LogP contribution in [0.3, 0.4) is 0 Å². The fourth-order valence-electron chi connectivity index (χ4n) is 1.39. The summed E-state index contributed by atoms with van der Waals surface area (Å²) in [5.41, 5.74) is 0.155. The van der Waals surface area contributed by atoms with Crippen LogP contribution in [0.2, 0.25) is 0 Å². The molecule has 0 heterocycles. The summed E-state index contributed by atoms with van der Waals surface area (Å²) < 4.78 is 4.50. The number of methoxy groups -OCH3 is 1. The Kier molecular flexibility index (Phi) is 5.96. The SMILES string of the molecule is CCNC(=O)/C(=C/NC(=O)c1ccccc1)C(=O)OC. The van der Waals surface area contributed by atoms with Crippen LogP contribution in [0.5, 0.6) is 0 Å². The van der Waals surface area contributed by atoms with E-state index in [1.165, 1.54) is 0 Å². The Balaban J connectivity index is 2.84. The molecule has 0 radical (unpaired) electrons. The summed E-state index contributed by atoms with van der Waals surface area (Å²) in [6.07, 6.45) is 1.05. The molecule has 0 aliphatic rings. The number of likely N-dealkylation sites (N-methyl/N-ethyl adjacent to an activating group) is 1. The van der Waals surface area contributed by atoms with Gasteiger partial charge in [-0.1, -0.05) is 18.2 Å². The summed E-state index contributed by atoms with van der Waals surface area (Å²) in [5.74, 6) is -1.84. The summed E-state index contributed by atoms with van der Waals surface area (Å²) in [5, 5.41) is 4.86. The molecule has 106 valence electrons. The van der Waals surface area contributed by atoms with E-state index in [-0.39, 0.29) is 5.57 Å². The van der Waals surface area contributed by atoms with Crippen molar-refractivity contribution in [1.29, 1.82) is 0 Å². The van der Waals surface area contributed by atoms with E-state index in [1.807, 2.05) is 0 Å². The molecule has 0 saturated carbocycles. The van der Waals surface area contributed by atoms with Gasteiger partial charge in [0.15, 0.2) is 0 Å². The standard InChI is InChI=1S/C14H16N2O4/c1-3-15-13(18)11(14(19)20-2)9-16-12(17)10-7-5-4-6-8-10/h4-9H,3H2,1-2H3,(H,15,18)(H,16,17)/b11-9-. The summed E-state index contributed by atoms with van der Waals surface area (Å²) in [4.78, 5) is 34.9. The van der Waals surface area contributed by atoms with E-state index in [4.69, 9.17) is 0 Å². The highest BCUT2D eigenvalue weighted by Gasteiger charge is 2.18. The summed E-state index contributed by atoms with van der Waals surface area (Å²) >= 11 is 0.